The second kappa shape index (κ2) is 26.6. The zero-order valence-corrected chi connectivity index (χ0v) is 47.3. The average Bonchev–Trinajstić information content (AvgIpc) is 3.77. The first-order chi connectivity index (χ1) is 31.6. The van der Waals surface area contributed by atoms with Crippen molar-refractivity contribution in [2.75, 3.05) is 0 Å². The Morgan fingerprint density at radius 1 is 0.794 bits per heavy atom. The first-order valence-corrected chi connectivity index (χ1v) is 27.9. The van der Waals surface area contributed by atoms with Crippen molar-refractivity contribution in [3.05, 3.63) is 59.3 Å². The summed E-state index contributed by atoms with van der Waals surface area (Å²) in [5.41, 5.74) is 7.69. The van der Waals surface area contributed by atoms with Gasteiger partial charge >= 0.3 is 11.9 Å². The number of esters is 2. The average molecular weight is 940 g/mol. The summed E-state index contributed by atoms with van der Waals surface area (Å²) in [4.78, 5) is 24.0. The molecular weight excluding hydrogens is 833 g/mol. The van der Waals surface area contributed by atoms with Crippen LogP contribution in [0.25, 0.3) is 0 Å². The Balaban J connectivity index is 0.000000305. The maximum Gasteiger partial charge on any atom is 0.306 e. The molecular formula is C64H106O4. The molecule has 0 bridgehead atoms. The van der Waals surface area contributed by atoms with Crippen LogP contribution >= 0.6 is 0 Å². The van der Waals surface area contributed by atoms with Crippen molar-refractivity contribution in [3.8, 4) is 12.3 Å². The van der Waals surface area contributed by atoms with Gasteiger partial charge in [0, 0.05) is 19.3 Å². The Hall–Kier alpha value is -2.80. The largest absolute Gasteiger partial charge is 0.460 e. The number of terminal acetylenes is 1. The third-order valence-electron chi connectivity index (χ3n) is 17.6. The van der Waals surface area contributed by atoms with Crippen LogP contribution in [0.15, 0.2) is 59.3 Å². The monoisotopic (exact) mass is 939 g/mol. The fourth-order valence-corrected chi connectivity index (χ4v) is 14.0. The van der Waals surface area contributed by atoms with Crippen molar-refractivity contribution in [3.63, 3.8) is 0 Å². The normalized spacial score (nSPS) is 31.8. The molecule has 5 saturated carbocycles. The van der Waals surface area contributed by atoms with E-state index in [0.29, 0.717) is 53.3 Å². The second-order valence-corrected chi connectivity index (χ2v) is 25.9. The maximum atomic E-state index is 12.1. The van der Waals surface area contributed by atoms with Crippen LogP contribution in [0.1, 0.15) is 239 Å². The molecule has 0 N–H and O–H groups in total. The molecule has 0 amide bonds. The van der Waals surface area contributed by atoms with E-state index in [1.54, 1.807) is 11.1 Å². The highest BCUT2D eigenvalue weighted by Gasteiger charge is 2.51. The fourth-order valence-electron chi connectivity index (χ4n) is 14.0. The minimum Gasteiger partial charge on any atom is -0.460 e. The van der Waals surface area contributed by atoms with Crippen LogP contribution < -0.4 is 0 Å². The third kappa shape index (κ3) is 17.8. The SMILES string of the molecule is C#CC[C@@H](C)C[C@H](C)C(=C)C.C/C=C1\CCC[C@]2(C)[C@@H]([C@H](C)CCCC(=O)OC(C)(C)C)CC[C@@H]12.C=C1/C(=C\C=C2/CCC[C@]3(C)[C@@H]([C@H](C)CCCC(=O)OC(C)(C)C)CC[C@@H]23)C[C@@H](C)C[C@@H]1C. The van der Waals surface area contributed by atoms with Crippen LogP contribution in [-0.2, 0) is 19.1 Å². The van der Waals surface area contributed by atoms with Gasteiger partial charge in [-0.3, -0.25) is 9.59 Å². The Kier molecular flexibility index (Phi) is 23.3. The standard InChI is InChI=1S/C31H50O2.C22H38O2.C11H18/c1-21-19-23(3)24(4)26(20-21)15-14-25-12-10-18-31(8)27(16-17-28(25)31)22(2)11-9-13-29(32)33-30(5,6)7;1-7-17-11-9-15-22(6)18(13-14-19(17)22)16(2)10-8-12-20(23)24-21(3,4)5;1-6-7-10(4)8-11(5)9(2)3/h14-15,21-23,27-28H,4,9-13,16-20H2,1-3,5-8H3;7,16,18-19H,8-15H2,1-6H3;1,10-11H,2,7-8H2,3-5H3/b25-14+,26-15-;17-7+;/t21-,22+,23-,27+,28-,31+;16-,18-,19+,22-;10-,11+/m011/s1. The maximum absolute atomic E-state index is 12.1. The molecule has 4 heteroatoms. The van der Waals surface area contributed by atoms with Crippen molar-refractivity contribution >= 4 is 11.9 Å². The first-order valence-electron chi connectivity index (χ1n) is 27.9. The van der Waals surface area contributed by atoms with Crippen LogP contribution in [0.5, 0.6) is 0 Å². The Morgan fingerprint density at radius 3 is 1.71 bits per heavy atom. The van der Waals surface area contributed by atoms with Crippen molar-refractivity contribution in [1.29, 1.82) is 0 Å². The molecule has 0 unspecified atom stereocenters. The molecule has 5 aliphatic carbocycles. The lowest BCUT2D eigenvalue weighted by Crippen LogP contribution is -2.36. The van der Waals surface area contributed by atoms with Gasteiger partial charge in [-0.05, 0) is 246 Å². The van der Waals surface area contributed by atoms with Gasteiger partial charge in [0.2, 0.25) is 0 Å². The van der Waals surface area contributed by atoms with Gasteiger partial charge in [0.05, 0.1) is 0 Å². The van der Waals surface area contributed by atoms with Gasteiger partial charge in [0.15, 0.2) is 0 Å². The molecule has 5 fully saturated rings. The Bertz CT molecular complexity index is 1790. The molecule has 0 radical (unpaired) electrons. The highest BCUT2D eigenvalue weighted by molar-refractivity contribution is 5.70. The number of allylic oxidation sites excluding steroid dienone is 8. The van der Waals surface area contributed by atoms with E-state index in [2.05, 4.69) is 107 Å². The molecule has 0 aliphatic heterocycles. The number of fused-ring (bicyclic) bond motifs is 2. The van der Waals surface area contributed by atoms with E-state index in [1.807, 2.05) is 41.5 Å². The predicted octanol–water partition coefficient (Wildman–Crippen LogP) is 18.4. The van der Waals surface area contributed by atoms with Crippen molar-refractivity contribution in [2.45, 2.75) is 250 Å². The highest BCUT2D eigenvalue weighted by atomic mass is 16.6. The molecule has 68 heavy (non-hydrogen) atoms. The summed E-state index contributed by atoms with van der Waals surface area (Å²) in [6.45, 7) is 43.4. The van der Waals surface area contributed by atoms with Gasteiger partial charge in [-0.2, -0.15) is 0 Å². The minimum absolute atomic E-state index is 0.0425. The van der Waals surface area contributed by atoms with E-state index >= 15 is 0 Å². The molecule has 386 valence electrons. The van der Waals surface area contributed by atoms with Gasteiger partial charge < -0.3 is 9.47 Å². The minimum atomic E-state index is -0.380. The summed E-state index contributed by atoms with van der Waals surface area (Å²) in [7, 11) is 0. The second-order valence-electron chi connectivity index (χ2n) is 25.9. The van der Waals surface area contributed by atoms with Gasteiger partial charge in [-0.15, -0.1) is 12.3 Å². The van der Waals surface area contributed by atoms with Gasteiger partial charge in [0.25, 0.3) is 0 Å². The molecule has 5 aliphatic rings. The van der Waals surface area contributed by atoms with E-state index in [9.17, 15) is 9.59 Å². The number of hydrogen-bond acceptors (Lipinski definition) is 4. The van der Waals surface area contributed by atoms with Crippen molar-refractivity contribution in [2.24, 2.45) is 70.0 Å². The summed E-state index contributed by atoms with van der Waals surface area (Å²) in [6.07, 6.45) is 35.8. The zero-order valence-electron chi connectivity index (χ0n) is 47.3. The number of hydrogen-bond donors (Lipinski definition) is 0. The van der Waals surface area contributed by atoms with Crippen LogP contribution in [0.3, 0.4) is 0 Å². The van der Waals surface area contributed by atoms with E-state index in [4.69, 9.17) is 15.9 Å². The highest BCUT2D eigenvalue weighted by Crippen LogP contribution is 2.61. The molecule has 0 aromatic carbocycles. The number of rotatable bonds is 15. The Labute approximate surface area is 421 Å². The Morgan fingerprint density at radius 2 is 1.26 bits per heavy atom. The predicted molar refractivity (Wildman–Crippen MR) is 292 cm³/mol. The van der Waals surface area contributed by atoms with Crippen LogP contribution in [0, 0.1) is 82.4 Å². The molecule has 0 heterocycles. The van der Waals surface area contributed by atoms with Crippen LogP contribution in [0.4, 0.5) is 0 Å². The van der Waals surface area contributed by atoms with Crippen molar-refractivity contribution in [1.82, 2.24) is 0 Å². The topological polar surface area (TPSA) is 52.6 Å². The zero-order chi connectivity index (χ0) is 51.2. The van der Waals surface area contributed by atoms with Gasteiger partial charge in [0.1, 0.15) is 11.2 Å². The molecule has 0 aromatic rings. The summed E-state index contributed by atoms with van der Waals surface area (Å²) >= 11 is 0. The van der Waals surface area contributed by atoms with Crippen molar-refractivity contribution < 1.29 is 19.1 Å². The van der Waals surface area contributed by atoms with E-state index in [-0.39, 0.29) is 23.1 Å². The van der Waals surface area contributed by atoms with E-state index in [1.165, 1.54) is 100 Å². The molecule has 4 nitrogen and oxygen atoms in total. The quantitative estimate of drug-likeness (QED) is 0.0933. The van der Waals surface area contributed by atoms with Crippen LogP contribution in [0.2, 0.25) is 0 Å². The van der Waals surface area contributed by atoms with Crippen LogP contribution in [-0.4, -0.2) is 23.1 Å². The summed E-state index contributed by atoms with van der Waals surface area (Å²) in [6, 6.07) is 0. The van der Waals surface area contributed by atoms with Gasteiger partial charge in [-0.25, -0.2) is 0 Å². The van der Waals surface area contributed by atoms with E-state index < -0.39 is 0 Å². The van der Waals surface area contributed by atoms with E-state index in [0.717, 1.165) is 61.7 Å². The molecule has 5 rings (SSSR count). The summed E-state index contributed by atoms with van der Waals surface area (Å²) in [5, 5.41) is 0. The number of carbonyl (C=O) groups excluding carboxylic acids is 2. The first kappa shape index (κ1) is 59.5. The molecule has 0 saturated heterocycles. The lowest BCUT2D eigenvalue weighted by Gasteiger charge is -2.44. The third-order valence-corrected chi connectivity index (χ3v) is 17.6. The summed E-state index contributed by atoms with van der Waals surface area (Å²) in [5.74, 6) is 9.72. The molecule has 0 aromatic heterocycles. The fraction of sp³-hybridized carbons (Fsp3) is 0.781. The molecule has 12 atom stereocenters. The number of carbonyl (C=O) groups is 2. The van der Waals surface area contributed by atoms with Gasteiger partial charge in [-0.1, -0.05) is 103 Å². The lowest BCUT2D eigenvalue weighted by molar-refractivity contribution is -0.156. The number of ether oxygens (including phenoxy) is 2. The molecule has 0 spiro atoms. The summed E-state index contributed by atoms with van der Waals surface area (Å²) < 4.78 is 10.9. The lowest BCUT2D eigenvalue weighted by atomic mass is 9.60. The smallest absolute Gasteiger partial charge is 0.306 e.